The Kier molecular flexibility index (Phi) is 5.66. The summed E-state index contributed by atoms with van der Waals surface area (Å²) in [4.78, 5) is 0.195. The lowest BCUT2D eigenvalue weighted by molar-refractivity contribution is -0.00867. The average Bonchev–Trinajstić information content (AvgIpc) is 2.99. The van der Waals surface area contributed by atoms with E-state index in [0.29, 0.717) is 29.6 Å². The summed E-state index contributed by atoms with van der Waals surface area (Å²) in [7, 11) is -3.87. The van der Waals surface area contributed by atoms with E-state index in [0.717, 1.165) is 29.5 Å². The first-order valence-electron chi connectivity index (χ1n) is 10.1. The molecule has 0 saturated heterocycles. The van der Waals surface area contributed by atoms with Crippen molar-refractivity contribution in [2.45, 2.75) is 57.6 Å². The molecule has 1 aliphatic rings. The Morgan fingerprint density at radius 3 is 2.47 bits per heavy atom. The molecule has 4 rings (SSSR count). The molecule has 0 bridgehead atoms. The molecule has 7 heteroatoms. The van der Waals surface area contributed by atoms with E-state index in [-0.39, 0.29) is 10.7 Å². The monoisotopic (exact) mass is 426 g/mol. The minimum atomic E-state index is -3.87. The molecular formula is C23H26N2O4S. The number of aromatic nitrogens is 1. The molecule has 2 aromatic carbocycles. The zero-order chi connectivity index (χ0) is 21.3. The number of nitrogens with one attached hydrogen (secondary N) is 1. The summed E-state index contributed by atoms with van der Waals surface area (Å²) in [5.41, 5.74) is 4.26. The van der Waals surface area contributed by atoms with Crippen LogP contribution in [0, 0.1) is 20.8 Å². The second kappa shape index (κ2) is 8.24. The molecule has 1 N–H and O–H groups in total. The van der Waals surface area contributed by atoms with Crippen molar-refractivity contribution in [3.05, 3.63) is 64.9 Å². The van der Waals surface area contributed by atoms with Gasteiger partial charge < -0.3 is 9.26 Å². The maximum Gasteiger partial charge on any atom is 0.263 e. The highest BCUT2D eigenvalue weighted by molar-refractivity contribution is 7.92. The Bertz CT molecular complexity index is 1160. The fraction of sp³-hybridized carbons (Fsp3) is 0.348. The van der Waals surface area contributed by atoms with Crippen molar-refractivity contribution in [1.82, 2.24) is 5.16 Å². The number of hydrogen-bond acceptors (Lipinski definition) is 5. The topological polar surface area (TPSA) is 81.4 Å². The van der Waals surface area contributed by atoms with Crippen LogP contribution >= 0.6 is 0 Å². The Balaban J connectivity index is 1.73. The Hall–Kier alpha value is -2.64. The number of anilines is 1. The first kappa shape index (κ1) is 20.6. The van der Waals surface area contributed by atoms with Gasteiger partial charge in [0.2, 0.25) is 0 Å². The van der Waals surface area contributed by atoms with Gasteiger partial charge in [0, 0.05) is 11.1 Å². The summed E-state index contributed by atoms with van der Waals surface area (Å²) in [5.74, 6) is 0.787. The molecule has 1 aromatic heterocycles. The van der Waals surface area contributed by atoms with Gasteiger partial charge >= 0.3 is 0 Å². The number of hydrogen-bond donors (Lipinski definition) is 1. The van der Waals surface area contributed by atoms with Crippen LogP contribution in [0.15, 0.2) is 51.9 Å². The summed E-state index contributed by atoms with van der Waals surface area (Å²) in [6, 6.07) is 12.9. The summed E-state index contributed by atoms with van der Waals surface area (Å²) >= 11 is 0. The molecule has 0 unspecified atom stereocenters. The normalized spacial score (nSPS) is 14.5. The molecule has 0 radical (unpaired) electrons. The first-order chi connectivity index (χ1) is 14.4. The number of rotatable bonds is 7. The van der Waals surface area contributed by atoms with E-state index in [9.17, 15) is 8.42 Å². The SMILES string of the molecule is Cc1cccc(-c2ccccc2S(=O)(=O)Nc2noc(C)c2C)c1COC1CCC1. The largest absolute Gasteiger partial charge is 0.374 e. The third-order valence-corrected chi connectivity index (χ3v) is 7.18. The highest BCUT2D eigenvalue weighted by Crippen LogP contribution is 2.34. The van der Waals surface area contributed by atoms with Crippen molar-refractivity contribution >= 4 is 15.8 Å². The number of nitrogens with zero attached hydrogens (tertiary/aromatic N) is 1. The van der Waals surface area contributed by atoms with Gasteiger partial charge in [0.15, 0.2) is 5.82 Å². The third-order valence-electron chi connectivity index (χ3n) is 5.78. The minimum absolute atomic E-state index is 0.195. The van der Waals surface area contributed by atoms with Gasteiger partial charge in [0.1, 0.15) is 5.76 Å². The van der Waals surface area contributed by atoms with Gasteiger partial charge in [-0.25, -0.2) is 8.42 Å². The van der Waals surface area contributed by atoms with Crippen LogP contribution in [0.5, 0.6) is 0 Å². The van der Waals surface area contributed by atoms with Gasteiger partial charge in [-0.1, -0.05) is 41.6 Å². The molecule has 0 amide bonds. The van der Waals surface area contributed by atoms with Crippen molar-refractivity contribution in [2.75, 3.05) is 4.72 Å². The molecule has 30 heavy (non-hydrogen) atoms. The van der Waals surface area contributed by atoms with E-state index >= 15 is 0 Å². The average molecular weight is 427 g/mol. The molecule has 1 aliphatic carbocycles. The summed E-state index contributed by atoms with van der Waals surface area (Å²) in [6.07, 6.45) is 3.69. The van der Waals surface area contributed by atoms with Crippen molar-refractivity contribution in [1.29, 1.82) is 0 Å². The highest BCUT2D eigenvalue weighted by Gasteiger charge is 2.24. The zero-order valence-electron chi connectivity index (χ0n) is 17.4. The maximum atomic E-state index is 13.3. The van der Waals surface area contributed by atoms with Gasteiger partial charge in [0.25, 0.3) is 10.0 Å². The van der Waals surface area contributed by atoms with E-state index in [1.54, 1.807) is 26.0 Å². The lowest BCUT2D eigenvalue weighted by atomic mass is 9.94. The first-order valence-corrected chi connectivity index (χ1v) is 11.6. The number of ether oxygens (including phenoxy) is 1. The Morgan fingerprint density at radius 1 is 1.07 bits per heavy atom. The van der Waals surface area contributed by atoms with Crippen LogP contribution in [0.1, 0.15) is 41.7 Å². The standard InChI is InChI=1S/C23H26N2O4S/c1-15-8-6-12-19(21(15)14-28-18-9-7-10-18)20-11-4-5-13-22(20)30(26,27)25-23-16(2)17(3)29-24-23/h4-6,8,11-13,18H,7,9-10,14H2,1-3H3,(H,24,25). The van der Waals surface area contributed by atoms with Gasteiger partial charge in [0.05, 0.1) is 17.6 Å². The fourth-order valence-electron chi connectivity index (χ4n) is 3.50. The molecule has 158 valence electrons. The van der Waals surface area contributed by atoms with Crippen LogP contribution < -0.4 is 4.72 Å². The van der Waals surface area contributed by atoms with E-state index in [1.807, 2.05) is 37.3 Å². The van der Waals surface area contributed by atoms with Crippen molar-refractivity contribution < 1.29 is 17.7 Å². The molecule has 1 saturated carbocycles. The molecule has 0 atom stereocenters. The van der Waals surface area contributed by atoms with Gasteiger partial charge in [-0.05, 0) is 62.8 Å². The van der Waals surface area contributed by atoms with Crippen LogP contribution in [0.3, 0.4) is 0 Å². The van der Waals surface area contributed by atoms with Crippen LogP contribution in [0.2, 0.25) is 0 Å². The molecule has 1 fully saturated rings. The third kappa shape index (κ3) is 4.00. The molecule has 1 heterocycles. The van der Waals surface area contributed by atoms with Crippen molar-refractivity contribution in [2.24, 2.45) is 0 Å². The number of sulfonamides is 1. The van der Waals surface area contributed by atoms with E-state index in [2.05, 4.69) is 9.88 Å². The minimum Gasteiger partial charge on any atom is -0.374 e. The smallest absolute Gasteiger partial charge is 0.263 e. The second-order valence-corrected chi connectivity index (χ2v) is 9.43. The molecule has 0 spiro atoms. The molecule has 6 nitrogen and oxygen atoms in total. The number of benzene rings is 2. The Morgan fingerprint density at radius 2 is 1.80 bits per heavy atom. The van der Waals surface area contributed by atoms with E-state index in [1.165, 1.54) is 6.42 Å². The predicted octanol–water partition coefficient (Wildman–Crippen LogP) is 5.14. The Labute approximate surface area is 177 Å². The molecule has 0 aliphatic heterocycles. The van der Waals surface area contributed by atoms with E-state index in [4.69, 9.17) is 9.26 Å². The summed E-state index contributed by atoms with van der Waals surface area (Å²) in [6.45, 7) is 6.01. The van der Waals surface area contributed by atoms with Crippen LogP contribution in [0.25, 0.3) is 11.1 Å². The summed E-state index contributed by atoms with van der Waals surface area (Å²) in [5, 5.41) is 3.84. The van der Waals surface area contributed by atoms with Gasteiger partial charge in [-0.15, -0.1) is 0 Å². The number of aryl methyl sites for hydroxylation is 2. The molecule has 3 aromatic rings. The van der Waals surface area contributed by atoms with Crippen molar-refractivity contribution in [3.8, 4) is 11.1 Å². The van der Waals surface area contributed by atoms with Crippen molar-refractivity contribution in [3.63, 3.8) is 0 Å². The quantitative estimate of drug-likeness (QED) is 0.566. The highest BCUT2D eigenvalue weighted by atomic mass is 32.2. The van der Waals surface area contributed by atoms with Gasteiger partial charge in [-0.3, -0.25) is 4.72 Å². The van der Waals surface area contributed by atoms with Gasteiger partial charge in [-0.2, -0.15) is 0 Å². The van der Waals surface area contributed by atoms with Crippen LogP contribution in [-0.4, -0.2) is 19.7 Å². The predicted molar refractivity (Wildman–Crippen MR) is 116 cm³/mol. The zero-order valence-corrected chi connectivity index (χ0v) is 18.3. The van der Waals surface area contributed by atoms with E-state index < -0.39 is 10.0 Å². The van der Waals surface area contributed by atoms with Crippen LogP contribution in [-0.2, 0) is 21.4 Å². The lowest BCUT2D eigenvalue weighted by Gasteiger charge is -2.26. The lowest BCUT2D eigenvalue weighted by Crippen LogP contribution is -2.21. The summed E-state index contributed by atoms with van der Waals surface area (Å²) < 4.78 is 40.2. The second-order valence-electron chi connectivity index (χ2n) is 7.78. The van der Waals surface area contributed by atoms with Crippen LogP contribution in [0.4, 0.5) is 5.82 Å². The maximum absolute atomic E-state index is 13.3. The fourth-order valence-corrected chi connectivity index (χ4v) is 4.78. The molecular weight excluding hydrogens is 400 g/mol.